The van der Waals surface area contributed by atoms with Crippen LogP contribution in [0, 0.1) is 13.8 Å². The Morgan fingerprint density at radius 2 is 1.79 bits per heavy atom. The van der Waals surface area contributed by atoms with E-state index in [-0.39, 0.29) is 17.6 Å². The molecule has 8 heteroatoms. The van der Waals surface area contributed by atoms with Crippen LogP contribution in [0.3, 0.4) is 0 Å². The van der Waals surface area contributed by atoms with E-state index < -0.39 is 0 Å². The number of Topliss-reactive ketones (excluding diaryl/α,β-unsaturated/α-hetero) is 1. The minimum Gasteiger partial charge on any atom is -0.496 e. The number of ether oxygens (including phenoxy) is 1. The Morgan fingerprint density at radius 1 is 1.06 bits per heavy atom. The van der Waals surface area contributed by atoms with Gasteiger partial charge in [-0.2, -0.15) is 0 Å². The first kappa shape index (κ1) is 25.8. The maximum absolute atomic E-state index is 12.7. The highest BCUT2D eigenvalue weighted by Crippen LogP contribution is 2.25. The highest BCUT2D eigenvalue weighted by Gasteiger charge is 2.22. The summed E-state index contributed by atoms with van der Waals surface area (Å²) in [5.41, 5.74) is 4.62. The van der Waals surface area contributed by atoms with Crippen molar-refractivity contribution in [1.29, 1.82) is 0 Å². The van der Waals surface area contributed by atoms with E-state index in [2.05, 4.69) is 10.2 Å². The zero-order chi connectivity index (χ0) is 24.7. The maximum Gasteiger partial charge on any atom is 0.238 e. The number of thioether (sulfide) groups is 1. The van der Waals surface area contributed by atoms with E-state index in [1.165, 1.54) is 18.7 Å². The number of amides is 2. The molecule has 0 radical (unpaired) electrons. The molecule has 182 valence electrons. The van der Waals surface area contributed by atoms with Gasteiger partial charge in [0, 0.05) is 48.7 Å². The van der Waals surface area contributed by atoms with Gasteiger partial charge in [0.15, 0.2) is 5.78 Å². The highest BCUT2D eigenvalue weighted by molar-refractivity contribution is 7.99. The third-order valence-electron chi connectivity index (χ3n) is 6.14. The number of aryl methyl sites for hydroxylation is 1. The van der Waals surface area contributed by atoms with Crippen LogP contribution in [-0.2, 0) is 15.3 Å². The van der Waals surface area contributed by atoms with E-state index in [0.29, 0.717) is 49.8 Å². The van der Waals surface area contributed by atoms with E-state index >= 15 is 0 Å². The average molecular weight is 484 g/mol. The molecule has 1 N–H and O–H groups in total. The summed E-state index contributed by atoms with van der Waals surface area (Å²) >= 11 is 1.51. The zero-order valence-electron chi connectivity index (χ0n) is 20.3. The monoisotopic (exact) mass is 483 g/mol. The third kappa shape index (κ3) is 6.84. The summed E-state index contributed by atoms with van der Waals surface area (Å²) in [6.45, 7) is 8.45. The van der Waals surface area contributed by atoms with Crippen molar-refractivity contribution < 1.29 is 19.1 Å². The summed E-state index contributed by atoms with van der Waals surface area (Å²) in [6, 6.07) is 11.3. The first-order valence-electron chi connectivity index (χ1n) is 11.4. The van der Waals surface area contributed by atoms with Crippen molar-refractivity contribution in [3.05, 3.63) is 58.7 Å². The van der Waals surface area contributed by atoms with Crippen LogP contribution < -0.4 is 10.1 Å². The van der Waals surface area contributed by atoms with Crippen LogP contribution in [0.15, 0.2) is 36.4 Å². The molecular formula is C26H33N3O4S. The number of carbonyl (C=O) groups excluding carboxylic acids is 3. The number of rotatable bonds is 9. The fraction of sp³-hybridized carbons (Fsp3) is 0.423. The van der Waals surface area contributed by atoms with Crippen LogP contribution >= 0.6 is 11.8 Å². The summed E-state index contributed by atoms with van der Waals surface area (Å²) in [6.07, 6.45) is 0. The van der Waals surface area contributed by atoms with E-state index in [1.807, 2.05) is 43.0 Å². The molecule has 2 aromatic carbocycles. The summed E-state index contributed by atoms with van der Waals surface area (Å²) in [4.78, 5) is 40.8. The molecular weight excluding hydrogens is 450 g/mol. The van der Waals surface area contributed by atoms with E-state index in [0.717, 1.165) is 28.1 Å². The third-order valence-corrected chi connectivity index (χ3v) is 7.11. The first-order valence-corrected chi connectivity index (χ1v) is 12.6. The second-order valence-corrected chi connectivity index (χ2v) is 9.51. The fourth-order valence-electron chi connectivity index (χ4n) is 3.88. The van der Waals surface area contributed by atoms with Crippen LogP contribution in [0.2, 0.25) is 0 Å². The van der Waals surface area contributed by atoms with Crippen molar-refractivity contribution in [2.24, 2.45) is 0 Å². The molecule has 0 aromatic heterocycles. The molecule has 3 rings (SSSR count). The number of benzene rings is 2. The van der Waals surface area contributed by atoms with Crippen molar-refractivity contribution in [3.63, 3.8) is 0 Å². The van der Waals surface area contributed by atoms with Crippen LogP contribution in [0.1, 0.15) is 34.0 Å². The van der Waals surface area contributed by atoms with Gasteiger partial charge in [-0.1, -0.05) is 12.1 Å². The van der Waals surface area contributed by atoms with Crippen molar-refractivity contribution in [2.75, 3.05) is 50.9 Å². The van der Waals surface area contributed by atoms with Crippen LogP contribution in [0.4, 0.5) is 5.69 Å². The number of hydrogen-bond acceptors (Lipinski definition) is 6. The lowest BCUT2D eigenvalue weighted by Crippen LogP contribution is -2.50. The van der Waals surface area contributed by atoms with Gasteiger partial charge in [-0.15, -0.1) is 11.8 Å². The van der Waals surface area contributed by atoms with Crippen molar-refractivity contribution >= 4 is 35.0 Å². The van der Waals surface area contributed by atoms with Crippen LogP contribution in [0.25, 0.3) is 0 Å². The molecule has 1 aliphatic rings. The number of anilines is 1. The van der Waals surface area contributed by atoms with Gasteiger partial charge in [-0.05, 0) is 56.2 Å². The Labute approximate surface area is 205 Å². The minimum atomic E-state index is -0.0363. The molecule has 1 aliphatic heterocycles. The van der Waals surface area contributed by atoms with E-state index in [1.54, 1.807) is 19.2 Å². The lowest BCUT2D eigenvalue weighted by Gasteiger charge is -2.34. The van der Waals surface area contributed by atoms with Gasteiger partial charge in [-0.3, -0.25) is 19.3 Å². The smallest absolute Gasteiger partial charge is 0.238 e. The molecule has 0 aliphatic carbocycles. The summed E-state index contributed by atoms with van der Waals surface area (Å²) < 4.78 is 5.39. The zero-order valence-corrected chi connectivity index (χ0v) is 21.2. The van der Waals surface area contributed by atoms with Gasteiger partial charge in [0.05, 0.1) is 19.4 Å². The molecule has 7 nitrogen and oxygen atoms in total. The molecule has 0 atom stereocenters. The molecule has 0 unspecified atom stereocenters. The van der Waals surface area contributed by atoms with Crippen molar-refractivity contribution in [3.8, 4) is 5.75 Å². The maximum atomic E-state index is 12.7. The first-order chi connectivity index (χ1) is 16.3. The van der Waals surface area contributed by atoms with Gasteiger partial charge >= 0.3 is 0 Å². The summed E-state index contributed by atoms with van der Waals surface area (Å²) in [5, 5.41) is 3.00. The Morgan fingerprint density at radius 3 is 2.47 bits per heavy atom. The van der Waals surface area contributed by atoms with Crippen LogP contribution in [0.5, 0.6) is 5.75 Å². The van der Waals surface area contributed by atoms with Crippen molar-refractivity contribution in [2.45, 2.75) is 26.5 Å². The van der Waals surface area contributed by atoms with Gasteiger partial charge in [-0.25, -0.2) is 0 Å². The van der Waals surface area contributed by atoms with Crippen LogP contribution in [-0.4, -0.2) is 73.0 Å². The molecule has 2 aromatic rings. The van der Waals surface area contributed by atoms with Gasteiger partial charge in [0.25, 0.3) is 0 Å². The average Bonchev–Trinajstić information content (AvgIpc) is 2.82. The van der Waals surface area contributed by atoms with Gasteiger partial charge in [0.1, 0.15) is 5.75 Å². The molecule has 0 bridgehead atoms. The highest BCUT2D eigenvalue weighted by atomic mass is 32.2. The molecule has 1 saturated heterocycles. The number of nitrogens with one attached hydrogen (secondary N) is 1. The molecule has 1 heterocycles. The van der Waals surface area contributed by atoms with Crippen molar-refractivity contribution in [1.82, 2.24) is 9.80 Å². The minimum absolute atomic E-state index is 0.00514. The summed E-state index contributed by atoms with van der Waals surface area (Å²) in [5.74, 6) is 1.73. The van der Waals surface area contributed by atoms with E-state index in [9.17, 15) is 14.4 Å². The van der Waals surface area contributed by atoms with Gasteiger partial charge in [0.2, 0.25) is 11.8 Å². The molecule has 0 spiro atoms. The predicted molar refractivity (Wildman–Crippen MR) is 137 cm³/mol. The Balaban J connectivity index is 1.42. The number of ketones is 1. The Hall–Kier alpha value is -2.84. The number of piperazine rings is 1. The molecule has 34 heavy (non-hydrogen) atoms. The number of hydrogen-bond donors (Lipinski definition) is 1. The number of carbonyl (C=O) groups is 3. The second kappa shape index (κ2) is 12.0. The van der Waals surface area contributed by atoms with Gasteiger partial charge < -0.3 is 15.0 Å². The number of methoxy groups -OCH3 is 1. The standard InChI is InChI=1S/C26H33N3O4S/c1-18-6-5-7-23(19(18)2)27-25(31)15-28-10-12-29(13-11-28)26(32)17-34-16-22-14-21(20(3)30)8-9-24(22)33-4/h5-9,14H,10-13,15-17H2,1-4H3,(H,27,31). The SMILES string of the molecule is COc1ccc(C(C)=O)cc1CSCC(=O)N1CCN(CC(=O)Nc2cccc(C)c2C)CC1. The largest absolute Gasteiger partial charge is 0.496 e. The lowest BCUT2D eigenvalue weighted by atomic mass is 10.1. The molecule has 0 saturated carbocycles. The van der Waals surface area contributed by atoms with E-state index in [4.69, 9.17) is 4.74 Å². The Kier molecular flexibility index (Phi) is 9.12. The normalized spacial score (nSPS) is 14.1. The summed E-state index contributed by atoms with van der Waals surface area (Å²) in [7, 11) is 1.60. The fourth-order valence-corrected chi connectivity index (χ4v) is 4.79. The second-order valence-electron chi connectivity index (χ2n) is 8.53. The molecule has 1 fully saturated rings. The quantitative estimate of drug-likeness (QED) is 0.550. The predicted octanol–water partition coefficient (Wildman–Crippen LogP) is 3.53. The number of nitrogens with zero attached hydrogens (tertiary/aromatic N) is 2. The lowest BCUT2D eigenvalue weighted by molar-refractivity contribution is -0.130. The molecule has 2 amide bonds. The Bertz CT molecular complexity index is 1050. The topological polar surface area (TPSA) is 79.0 Å².